The van der Waals surface area contributed by atoms with Gasteiger partial charge in [-0.05, 0) is 20.3 Å². The Morgan fingerprint density at radius 2 is 2.17 bits per heavy atom. The molecule has 1 unspecified atom stereocenters. The highest BCUT2D eigenvalue weighted by molar-refractivity contribution is 5.59. The number of nitrogens with zero attached hydrogens (tertiary/aromatic N) is 3. The third-order valence-corrected chi connectivity index (χ3v) is 3.44. The van der Waals surface area contributed by atoms with Crippen molar-refractivity contribution in [3.8, 4) is 0 Å². The van der Waals surface area contributed by atoms with Gasteiger partial charge >= 0.3 is 0 Å². The van der Waals surface area contributed by atoms with Gasteiger partial charge in [0.1, 0.15) is 17.5 Å². The lowest BCUT2D eigenvalue weighted by atomic mass is 10.1. The Labute approximate surface area is 109 Å². The van der Waals surface area contributed by atoms with Crippen LogP contribution in [0.3, 0.4) is 0 Å². The number of anilines is 2. The van der Waals surface area contributed by atoms with E-state index in [9.17, 15) is 0 Å². The standard InChI is InChI=1S/C13H22N4O/c1-5-11-8-18-7-6-17(11)13-9(2)12(14-4)15-10(3)16-13/h11H,5-8H2,1-4H3,(H,14,15,16). The maximum atomic E-state index is 5.55. The van der Waals surface area contributed by atoms with Gasteiger partial charge in [0.25, 0.3) is 0 Å². The molecule has 2 rings (SSSR count). The van der Waals surface area contributed by atoms with E-state index in [1.54, 1.807) is 0 Å². The third-order valence-electron chi connectivity index (χ3n) is 3.44. The van der Waals surface area contributed by atoms with E-state index in [1.165, 1.54) is 0 Å². The number of rotatable bonds is 3. The molecule has 0 aliphatic carbocycles. The molecule has 0 radical (unpaired) electrons. The van der Waals surface area contributed by atoms with Crippen LogP contribution in [0, 0.1) is 13.8 Å². The van der Waals surface area contributed by atoms with E-state index < -0.39 is 0 Å². The van der Waals surface area contributed by atoms with Crippen LogP contribution < -0.4 is 10.2 Å². The zero-order valence-corrected chi connectivity index (χ0v) is 11.7. The maximum Gasteiger partial charge on any atom is 0.137 e. The lowest BCUT2D eigenvalue weighted by Gasteiger charge is -2.37. The molecule has 1 aromatic rings. The number of aryl methyl sites for hydroxylation is 1. The summed E-state index contributed by atoms with van der Waals surface area (Å²) in [5.74, 6) is 2.77. The monoisotopic (exact) mass is 250 g/mol. The lowest BCUT2D eigenvalue weighted by Crippen LogP contribution is -2.46. The van der Waals surface area contributed by atoms with Crippen LogP contribution in [0.2, 0.25) is 0 Å². The predicted octanol–water partition coefficient (Wildman–Crippen LogP) is 1.75. The van der Waals surface area contributed by atoms with Crippen molar-refractivity contribution in [3.63, 3.8) is 0 Å². The van der Waals surface area contributed by atoms with Crippen molar-refractivity contribution >= 4 is 11.6 Å². The Morgan fingerprint density at radius 1 is 1.39 bits per heavy atom. The molecule has 0 bridgehead atoms. The summed E-state index contributed by atoms with van der Waals surface area (Å²) in [6.45, 7) is 8.66. The zero-order valence-electron chi connectivity index (χ0n) is 11.7. The summed E-state index contributed by atoms with van der Waals surface area (Å²) in [4.78, 5) is 11.4. The highest BCUT2D eigenvalue weighted by Crippen LogP contribution is 2.26. The molecule has 5 nitrogen and oxygen atoms in total. The summed E-state index contributed by atoms with van der Waals surface area (Å²) in [7, 11) is 1.90. The predicted molar refractivity (Wildman–Crippen MR) is 73.3 cm³/mol. The summed E-state index contributed by atoms with van der Waals surface area (Å²) in [6.07, 6.45) is 1.07. The summed E-state index contributed by atoms with van der Waals surface area (Å²) in [5.41, 5.74) is 1.11. The van der Waals surface area contributed by atoms with E-state index in [4.69, 9.17) is 4.74 Å². The Hall–Kier alpha value is -1.36. The second-order valence-electron chi connectivity index (χ2n) is 4.65. The molecule has 1 N–H and O–H groups in total. The smallest absolute Gasteiger partial charge is 0.137 e. The average molecular weight is 250 g/mol. The van der Waals surface area contributed by atoms with Gasteiger partial charge in [-0.1, -0.05) is 6.92 Å². The molecule has 1 fully saturated rings. The SMILES string of the molecule is CCC1COCCN1c1nc(C)nc(NC)c1C. The van der Waals surface area contributed by atoms with E-state index in [-0.39, 0.29) is 0 Å². The van der Waals surface area contributed by atoms with Crippen LogP contribution in [0.15, 0.2) is 0 Å². The van der Waals surface area contributed by atoms with E-state index in [0.717, 1.165) is 49.2 Å². The fraction of sp³-hybridized carbons (Fsp3) is 0.692. The van der Waals surface area contributed by atoms with Crippen LogP contribution in [0.4, 0.5) is 11.6 Å². The number of hydrogen-bond acceptors (Lipinski definition) is 5. The van der Waals surface area contributed by atoms with Crippen molar-refractivity contribution in [1.29, 1.82) is 0 Å². The van der Waals surface area contributed by atoms with Crippen LogP contribution in [-0.2, 0) is 4.74 Å². The number of ether oxygens (including phenoxy) is 1. The number of nitrogens with one attached hydrogen (secondary N) is 1. The Bertz CT molecular complexity index is 422. The average Bonchev–Trinajstić information content (AvgIpc) is 2.41. The summed E-state index contributed by atoms with van der Waals surface area (Å²) in [6, 6.07) is 0.413. The van der Waals surface area contributed by atoms with Gasteiger partial charge in [-0.3, -0.25) is 0 Å². The minimum atomic E-state index is 0.413. The van der Waals surface area contributed by atoms with E-state index in [1.807, 2.05) is 14.0 Å². The molecule has 0 saturated carbocycles. The van der Waals surface area contributed by atoms with Gasteiger partial charge in [-0.25, -0.2) is 9.97 Å². The van der Waals surface area contributed by atoms with Gasteiger partial charge in [-0.15, -0.1) is 0 Å². The van der Waals surface area contributed by atoms with E-state index >= 15 is 0 Å². The summed E-state index contributed by atoms with van der Waals surface area (Å²) < 4.78 is 5.55. The van der Waals surface area contributed by atoms with Crippen molar-refractivity contribution < 1.29 is 4.74 Å². The van der Waals surface area contributed by atoms with Gasteiger partial charge in [-0.2, -0.15) is 0 Å². The Kier molecular flexibility index (Phi) is 4.01. The normalized spacial score (nSPS) is 20.0. The van der Waals surface area contributed by atoms with Crippen molar-refractivity contribution in [2.45, 2.75) is 33.2 Å². The Balaban J connectivity index is 2.39. The topological polar surface area (TPSA) is 50.3 Å². The Morgan fingerprint density at radius 3 is 2.83 bits per heavy atom. The first-order chi connectivity index (χ1) is 8.67. The molecular formula is C13H22N4O. The molecule has 2 heterocycles. The van der Waals surface area contributed by atoms with Crippen LogP contribution in [0.1, 0.15) is 24.7 Å². The molecule has 5 heteroatoms. The molecule has 1 aromatic heterocycles. The van der Waals surface area contributed by atoms with Crippen molar-refractivity contribution in [2.75, 3.05) is 37.0 Å². The molecule has 0 amide bonds. The molecule has 0 spiro atoms. The molecule has 0 aromatic carbocycles. The zero-order chi connectivity index (χ0) is 13.1. The largest absolute Gasteiger partial charge is 0.377 e. The second kappa shape index (κ2) is 5.52. The third kappa shape index (κ3) is 2.41. The first-order valence-corrected chi connectivity index (χ1v) is 6.54. The highest BCUT2D eigenvalue weighted by Gasteiger charge is 2.25. The maximum absolute atomic E-state index is 5.55. The van der Waals surface area contributed by atoms with Gasteiger partial charge < -0.3 is 15.0 Å². The van der Waals surface area contributed by atoms with Gasteiger partial charge in [0.05, 0.1) is 19.3 Å². The quantitative estimate of drug-likeness (QED) is 0.885. The van der Waals surface area contributed by atoms with Crippen molar-refractivity contribution in [3.05, 3.63) is 11.4 Å². The molecule has 1 saturated heterocycles. The second-order valence-corrected chi connectivity index (χ2v) is 4.65. The summed E-state index contributed by atoms with van der Waals surface area (Å²) in [5, 5.41) is 3.14. The first kappa shape index (κ1) is 13.1. The molecule has 1 aliphatic heterocycles. The number of hydrogen-bond donors (Lipinski definition) is 1. The van der Waals surface area contributed by atoms with Crippen LogP contribution in [0.5, 0.6) is 0 Å². The van der Waals surface area contributed by atoms with Gasteiger partial charge in [0, 0.05) is 19.2 Å². The lowest BCUT2D eigenvalue weighted by molar-refractivity contribution is 0.0925. The molecular weight excluding hydrogens is 228 g/mol. The molecule has 1 atom stereocenters. The molecule has 1 aliphatic rings. The van der Waals surface area contributed by atoms with Crippen molar-refractivity contribution in [1.82, 2.24) is 9.97 Å². The van der Waals surface area contributed by atoms with Gasteiger partial charge in [0.2, 0.25) is 0 Å². The van der Waals surface area contributed by atoms with E-state index in [2.05, 4.69) is 34.0 Å². The van der Waals surface area contributed by atoms with Crippen LogP contribution >= 0.6 is 0 Å². The van der Waals surface area contributed by atoms with Crippen LogP contribution in [0.25, 0.3) is 0 Å². The fourth-order valence-electron chi connectivity index (χ4n) is 2.41. The van der Waals surface area contributed by atoms with Crippen LogP contribution in [-0.4, -0.2) is 42.8 Å². The summed E-state index contributed by atoms with van der Waals surface area (Å²) >= 11 is 0. The van der Waals surface area contributed by atoms with Gasteiger partial charge in [0.15, 0.2) is 0 Å². The fourth-order valence-corrected chi connectivity index (χ4v) is 2.41. The molecule has 100 valence electrons. The number of morpholine rings is 1. The first-order valence-electron chi connectivity index (χ1n) is 6.54. The minimum Gasteiger partial charge on any atom is -0.377 e. The highest BCUT2D eigenvalue weighted by atomic mass is 16.5. The van der Waals surface area contributed by atoms with Crippen molar-refractivity contribution in [2.24, 2.45) is 0 Å². The molecule has 18 heavy (non-hydrogen) atoms. The number of aromatic nitrogens is 2. The van der Waals surface area contributed by atoms with E-state index in [0.29, 0.717) is 6.04 Å². The minimum absolute atomic E-state index is 0.413.